The van der Waals surface area contributed by atoms with Crippen LogP contribution < -0.4 is 14.2 Å². The molecule has 2 aliphatic heterocycles. The number of fused-ring (bicyclic) bond motifs is 1. The van der Waals surface area contributed by atoms with E-state index in [9.17, 15) is 4.79 Å². The van der Waals surface area contributed by atoms with Crippen LogP contribution in [0.2, 0.25) is 0 Å². The average molecular weight is 404 g/mol. The molecule has 3 heterocycles. The van der Waals surface area contributed by atoms with Crippen molar-refractivity contribution in [1.29, 1.82) is 0 Å². The Morgan fingerprint density at radius 3 is 2.66 bits per heavy atom. The summed E-state index contributed by atoms with van der Waals surface area (Å²) in [6.07, 6.45) is 1.65. The third-order valence-electron chi connectivity index (χ3n) is 5.80. The van der Waals surface area contributed by atoms with Gasteiger partial charge in [-0.05, 0) is 12.5 Å². The molecular formula is C21H28N2O6. The van der Waals surface area contributed by atoms with Gasteiger partial charge in [-0.1, -0.05) is 6.92 Å². The zero-order chi connectivity index (χ0) is 20.6. The Labute approximate surface area is 170 Å². The number of hydrogen-bond donors (Lipinski definition) is 1. The molecule has 1 N–H and O–H groups in total. The number of ether oxygens (including phenoxy) is 5. The fraction of sp³-hybridized carbons (Fsp3) is 0.571. The lowest BCUT2D eigenvalue weighted by molar-refractivity contribution is -0.145. The highest BCUT2D eigenvalue weighted by molar-refractivity contribution is 6.02. The normalized spacial score (nSPS) is 24.3. The zero-order valence-corrected chi connectivity index (χ0v) is 17.4. The first-order valence-corrected chi connectivity index (χ1v) is 9.90. The number of amides is 1. The predicted molar refractivity (Wildman–Crippen MR) is 107 cm³/mol. The van der Waals surface area contributed by atoms with E-state index < -0.39 is 5.60 Å². The number of H-pyrrole nitrogens is 1. The molecule has 2 aliphatic rings. The number of rotatable bonds is 5. The van der Waals surface area contributed by atoms with E-state index in [4.69, 9.17) is 23.7 Å². The van der Waals surface area contributed by atoms with Gasteiger partial charge in [0.1, 0.15) is 17.0 Å². The van der Waals surface area contributed by atoms with E-state index in [1.807, 2.05) is 11.0 Å². The van der Waals surface area contributed by atoms with Crippen LogP contribution in [0.15, 0.2) is 12.1 Å². The third-order valence-corrected chi connectivity index (χ3v) is 5.80. The molecule has 0 saturated carbocycles. The number of methoxy groups -OCH3 is 3. The maximum absolute atomic E-state index is 13.4. The van der Waals surface area contributed by atoms with Gasteiger partial charge in [-0.2, -0.15) is 0 Å². The first kappa shape index (κ1) is 19.8. The third kappa shape index (κ3) is 3.40. The number of nitrogens with zero attached hydrogens (tertiary/aromatic N) is 1. The topological polar surface area (TPSA) is 82.2 Å². The number of aromatic nitrogens is 1. The number of hydrogen-bond acceptors (Lipinski definition) is 6. The quantitative estimate of drug-likeness (QED) is 0.825. The minimum absolute atomic E-state index is 0.00273. The molecule has 2 atom stereocenters. The highest BCUT2D eigenvalue weighted by Crippen LogP contribution is 2.41. The van der Waals surface area contributed by atoms with Gasteiger partial charge in [0.25, 0.3) is 5.91 Å². The molecule has 29 heavy (non-hydrogen) atoms. The standard InChI is InChI=1S/C21H28N2O6/c1-5-13-10-23(11-21(29-13)6-7-28-12-21)20(24)15-8-14-16(25-2)9-17(26-3)19(27-4)18(14)22-15/h8-9,13,22H,5-7,10-12H2,1-4H3. The van der Waals surface area contributed by atoms with Crippen molar-refractivity contribution < 1.29 is 28.5 Å². The smallest absolute Gasteiger partial charge is 0.270 e. The van der Waals surface area contributed by atoms with Crippen molar-refractivity contribution in [3.63, 3.8) is 0 Å². The predicted octanol–water partition coefficient (Wildman–Crippen LogP) is 2.60. The van der Waals surface area contributed by atoms with Crippen molar-refractivity contribution in [3.8, 4) is 17.2 Å². The number of nitrogens with one attached hydrogen (secondary N) is 1. The van der Waals surface area contributed by atoms with Gasteiger partial charge in [0.2, 0.25) is 0 Å². The molecule has 1 spiro atoms. The van der Waals surface area contributed by atoms with Crippen LogP contribution in [-0.4, -0.2) is 75.1 Å². The van der Waals surface area contributed by atoms with Crippen molar-refractivity contribution in [3.05, 3.63) is 17.8 Å². The molecule has 4 rings (SSSR count). The summed E-state index contributed by atoms with van der Waals surface area (Å²) in [4.78, 5) is 18.5. The molecule has 2 saturated heterocycles. The van der Waals surface area contributed by atoms with E-state index in [1.54, 1.807) is 27.4 Å². The van der Waals surface area contributed by atoms with Gasteiger partial charge in [0.15, 0.2) is 11.5 Å². The number of benzene rings is 1. The van der Waals surface area contributed by atoms with Crippen LogP contribution in [0.3, 0.4) is 0 Å². The summed E-state index contributed by atoms with van der Waals surface area (Å²) in [5, 5.41) is 0.771. The second kappa shape index (κ2) is 7.76. The van der Waals surface area contributed by atoms with E-state index in [1.165, 1.54) is 0 Å². The average Bonchev–Trinajstić information content (AvgIpc) is 3.38. The number of carbonyl (C=O) groups is 1. The summed E-state index contributed by atoms with van der Waals surface area (Å²) in [5.74, 6) is 1.62. The Balaban J connectivity index is 1.71. The van der Waals surface area contributed by atoms with Crippen molar-refractivity contribution >= 4 is 16.8 Å². The molecule has 0 radical (unpaired) electrons. The monoisotopic (exact) mass is 404 g/mol. The molecule has 0 bridgehead atoms. The Morgan fingerprint density at radius 1 is 1.24 bits per heavy atom. The summed E-state index contributed by atoms with van der Waals surface area (Å²) in [6, 6.07) is 3.57. The molecule has 2 unspecified atom stereocenters. The minimum Gasteiger partial charge on any atom is -0.496 e. The summed E-state index contributed by atoms with van der Waals surface area (Å²) in [6.45, 7) is 4.35. The first-order chi connectivity index (χ1) is 14.0. The van der Waals surface area contributed by atoms with Crippen LogP contribution in [0.4, 0.5) is 0 Å². The molecule has 1 aromatic carbocycles. The molecule has 2 fully saturated rings. The largest absolute Gasteiger partial charge is 0.496 e. The lowest BCUT2D eigenvalue weighted by Crippen LogP contribution is -2.57. The van der Waals surface area contributed by atoms with Gasteiger partial charge < -0.3 is 33.6 Å². The maximum Gasteiger partial charge on any atom is 0.270 e. The van der Waals surface area contributed by atoms with E-state index in [0.717, 1.165) is 18.2 Å². The molecule has 0 aliphatic carbocycles. The van der Waals surface area contributed by atoms with E-state index in [2.05, 4.69) is 11.9 Å². The summed E-state index contributed by atoms with van der Waals surface area (Å²) < 4.78 is 28.3. The van der Waals surface area contributed by atoms with Gasteiger partial charge in [0, 0.05) is 31.0 Å². The van der Waals surface area contributed by atoms with E-state index >= 15 is 0 Å². The van der Waals surface area contributed by atoms with Crippen LogP contribution in [0.25, 0.3) is 10.9 Å². The Kier molecular flexibility index (Phi) is 5.31. The summed E-state index contributed by atoms with van der Waals surface area (Å²) >= 11 is 0. The lowest BCUT2D eigenvalue weighted by Gasteiger charge is -2.43. The van der Waals surface area contributed by atoms with Gasteiger partial charge in [-0.25, -0.2) is 0 Å². The van der Waals surface area contributed by atoms with Crippen LogP contribution in [0.1, 0.15) is 30.3 Å². The number of morpholine rings is 1. The van der Waals surface area contributed by atoms with Crippen molar-refractivity contribution in [2.75, 3.05) is 47.6 Å². The van der Waals surface area contributed by atoms with E-state index in [-0.39, 0.29) is 12.0 Å². The lowest BCUT2D eigenvalue weighted by atomic mass is 9.98. The number of carbonyl (C=O) groups excluding carboxylic acids is 1. The molecule has 1 amide bonds. The molecule has 2 aromatic rings. The summed E-state index contributed by atoms with van der Waals surface area (Å²) in [5.41, 5.74) is 0.751. The maximum atomic E-state index is 13.4. The second-order valence-corrected chi connectivity index (χ2v) is 7.61. The van der Waals surface area contributed by atoms with Crippen molar-refractivity contribution in [2.24, 2.45) is 0 Å². The Morgan fingerprint density at radius 2 is 2.03 bits per heavy atom. The molecule has 1 aromatic heterocycles. The van der Waals surface area contributed by atoms with Gasteiger partial charge in [-0.3, -0.25) is 4.79 Å². The first-order valence-electron chi connectivity index (χ1n) is 9.90. The number of aromatic amines is 1. The van der Waals surface area contributed by atoms with Crippen molar-refractivity contribution in [2.45, 2.75) is 31.5 Å². The Bertz CT molecular complexity index is 902. The van der Waals surface area contributed by atoms with Gasteiger partial charge in [-0.15, -0.1) is 0 Å². The second-order valence-electron chi connectivity index (χ2n) is 7.61. The molecule has 8 heteroatoms. The van der Waals surface area contributed by atoms with E-state index in [0.29, 0.717) is 54.8 Å². The van der Waals surface area contributed by atoms with Gasteiger partial charge in [0.05, 0.1) is 46.1 Å². The fourth-order valence-corrected chi connectivity index (χ4v) is 4.28. The summed E-state index contributed by atoms with van der Waals surface area (Å²) in [7, 11) is 4.73. The zero-order valence-electron chi connectivity index (χ0n) is 17.4. The van der Waals surface area contributed by atoms with Gasteiger partial charge >= 0.3 is 0 Å². The van der Waals surface area contributed by atoms with Crippen LogP contribution in [0.5, 0.6) is 17.2 Å². The molecule has 8 nitrogen and oxygen atoms in total. The highest BCUT2D eigenvalue weighted by atomic mass is 16.6. The molecular weight excluding hydrogens is 376 g/mol. The van der Waals surface area contributed by atoms with Crippen LogP contribution in [0, 0.1) is 0 Å². The Hall–Kier alpha value is -2.45. The van der Waals surface area contributed by atoms with Crippen LogP contribution in [-0.2, 0) is 9.47 Å². The fourth-order valence-electron chi connectivity index (χ4n) is 4.28. The highest BCUT2D eigenvalue weighted by Gasteiger charge is 2.45. The van der Waals surface area contributed by atoms with Crippen LogP contribution >= 0.6 is 0 Å². The SMILES string of the molecule is CCC1CN(C(=O)c2cc3c(OC)cc(OC)c(OC)c3[nH]2)CC2(CCOC2)O1. The minimum atomic E-state index is -0.404. The van der Waals surface area contributed by atoms with Crippen molar-refractivity contribution in [1.82, 2.24) is 9.88 Å². The molecule has 158 valence electrons.